The summed E-state index contributed by atoms with van der Waals surface area (Å²) in [7, 11) is 3.54. The maximum absolute atomic E-state index is 12.2. The van der Waals surface area contributed by atoms with Gasteiger partial charge in [-0.25, -0.2) is 0 Å². The number of methoxy groups -OCH3 is 1. The normalized spacial score (nSPS) is 18.3. The van der Waals surface area contributed by atoms with Gasteiger partial charge in [-0.2, -0.15) is 0 Å². The molecule has 2 rings (SSSR count). The summed E-state index contributed by atoms with van der Waals surface area (Å²) in [6, 6.07) is 7.73. The number of halogens is 1. The summed E-state index contributed by atoms with van der Waals surface area (Å²) < 4.78 is 5.13. The van der Waals surface area contributed by atoms with Gasteiger partial charge in [0.05, 0.1) is 7.11 Å². The third-order valence-electron chi connectivity index (χ3n) is 3.20. The topological polar surface area (TPSA) is 41.6 Å². The molecule has 0 radical (unpaired) electrons. The van der Waals surface area contributed by atoms with Gasteiger partial charge >= 0.3 is 0 Å². The van der Waals surface area contributed by atoms with Gasteiger partial charge in [0.2, 0.25) is 0 Å². The smallest absolute Gasteiger partial charge is 0.254 e. The van der Waals surface area contributed by atoms with E-state index in [9.17, 15) is 4.79 Å². The Morgan fingerprint density at radius 2 is 2.28 bits per heavy atom. The Kier molecular flexibility index (Phi) is 5.44. The third-order valence-corrected chi connectivity index (χ3v) is 3.20. The molecule has 1 aromatic carbocycles. The first-order valence-electron chi connectivity index (χ1n) is 5.85. The molecule has 5 heteroatoms. The number of likely N-dealkylation sites (tertiary alicyclic amines) is 1. The fraction of sp³-hybridized carbons (Fsp3) is 0.462. The van der Waals surface area contributed by atoms with Crippen molar-refractivity contribution in [2.45, 2.75) is 12.5 Å². The average Bonchev–Trinajstić information content (AvgIpc) is 2.86. The van der Waals surface area contributed by atoms with Crippen molar-refractivity contribution in [3.05, 3.63) is 29.8 Å². The Hall–Kier alpha value is -1.26. The summed E-state index contributed by atoms with van der Waals surface area (Å²) in [5.41, 5.74) is 0.695. The summed E-state index contributed by atoms with van der Waals surface area (Å²) in [5, 5.41) is 3.20. The lowest BCUT2D eigenvalue weighted by atomic mass is 10.2. The first-order valence-corrected chi connectivity index (χ1v) is 5.85. The van der Waals surface area contributed by atoms with Crippen LogP contribution in [0, 0.1) is 0 Å². The van der Waals surface area contributed by atoms with E-state index in [-0.39, 0.29) is 18.3 Å². The highest BCUT2D eigenvalue weighted by atomic mass is 35.5. The molecule has 1 unspecified atom stereocenters. The molecule has 1 atom stereocenters. The van der Waals surface area contributed by atoms with Crippen LogP contribution in [0.2, 0.25) is 0 Å². The number of carbonyl (C=O) groups excluding carboxylic acids is 1. The standard InChI is InChI=1S/C13H18N2O2.ClH/c1-14-11-6-7-15(9-11)13(16)10-4-3-5-12(8-10)17-2;/h3-5,8,11,14H,6-7,9H2,1-2H3;1H. The fourth-order valence-corrected chi connectivity index (χ4v) is 2.12. The number of benzene rings is 1. The summed E-state index contributed by atoms with van der Waals surface area (Å²) in [6.45, 7) is 1.61. The number of nitrogens with zero attached hydrogens (tertiary/aromatic N) is 1. The highest BCUT2D eigenvalue weighted by Gasteiger charge is 2.25. The largest absolute Gasteiger partial charge is 0.497 e. The van der Waals surface area contributed by atoms with Crippen molar-refractivity contribution in [3.8, 4) is 5.75 Å². The summed E-state index contributed by atoms with van der Waals surface area (Å²) in [6.07, 6.45) is 1.02. The molecule has 1 aromatic rings. The van der Waals surface area contributed by atoms with Crippen LogP contribution < -0.4 is 10.1 Å². The lowest BCUT2D eigenvalue weighted by molar-refractivity contribution is 0.0789. The maximum Gasteiger partial charge on any atom is 0.254 e. The Morgan fingerprint density at radius 1 is 1.50 bits per heavy atom. The van der Waals surface area contributed by atoms with Crippen LogP contribution in [0.25, 0.3) is 0 Å². The van der Waals surface area contributed by atoms with Gasteiger partial charge in [0.25, 0.3) is 5.91 Å². The van der Waals surface area contributed by atoms with Crippen molar-refractivity contribution in [1.29, 1.82) is 0 Å². The Labute approximate surface area is 114 Å². The minimum atomic E-state index is 0. The third kappa shape index (κ3) is 3.15. The number of ether oxygens (including phenoxy) is 1. The molecular weight excluding hydrogens is 252 g/mol. The van der Waals surface area contributed by atoms with E-state index in [1.165, 1.54) is 0 Å². The van der Waals surface area contributed by atoms with E-state index in [0.717, 1.165) is 25.3 Å². The summed E-state index contributed by atoms with van der Waals surface area (Å²) in [5.74, 6) is 0.807. The van der Waals surface area contributed by atoms with Crippen LogP contribution in [0.3, 0.4) is 0 Å². The van der Waals surface area contributed by atoms with Crippen molar-refractivity contribution in [3.63, 3.8) is 0 Å². The lowest BCUT2D eigenvalue weighted by Gasteiger charge is -2.16. The number of likely N-dealkylation sites (N-methyl/N-ethyl adjacent to an activating group) is 1. The van der Waals surface area contributed by atoms with Gasteiger partial charge in [-0.15, -0.1) is 12.4 Å². The van der Waals surface area contributed by atoms with Crippen LogP contribution in [-0.4, -0.2) is 44.1 Å². The molecule has 0 bridgehead atoms. The van der Waals surface area contributed by atoms with Gasteiger partial charge in [-0.05, 0) is 31.7 Å². The van der Waals surface area contributed by atoms with Crippen LogP contribution in [-0.2, 0) is 0 Å². The summed E-state index contributed by atoms with van der Waals surface area (Å²) >= 11 is 0. The second kappa shape index (κ2) is 6.61. The zero-order valence-electron chi connectivity index (χ0n) is 10.7. The molecule has 4 nitrogen and oxygen atoms in total. The number of hydrogen-bond acceptors (Lipinski definition) is 3. The Bertz CT molecular complexity index is 412. The molecule has 1 aliphatic heterocycles. The molecule has 0 spiro atoms. The average molecular weight is 271 g/mol. The predicted molar refractivity (Wildman–Crippen MR) is 73.6 cm³/mol. The van der Waals surface area contributed by atoms with E-state index in [2.05, 4.69) is 5.32 Å². The maximum atomic E-state index is 12.2. The van der Waals surface area contributed by atoms with E-state index in [4.69, 9.17) is 4.74 Å². The number of hydrogen-bond donors (Lipinski definition) is 1. The minimum absolute atomic E-state index is 0. The van der Waals surface area contributed by atoms with Gasteiger partial charge in [0, 0.05) is 24.7 Å². The van der Waals surface area contributed by atoms with E-state index >= 15 is 0 Å². The van der Waals surface area contributed by atoms with Crippen LogP contribution >= 0.6 is 12.4 Å². The molecule has 0 saturated carbocycles. The molecule has 1 N–H and O–H groups in total. The number of rotatable bonds is 3. The molecule has 1 aliphatic rings. The molecule has 18 heavy (non-hydrogen) atoms. The second-order valence-corrected chi connectivity index (χ2v) is 4.26. The quantitative estimate of drug-likeness (QED) is 0.906. The van der Waals surface area contributed by atoms with Crippen molar-refractivity contribution in [2.75, 3.05) is 27.2 Å². The van der Waals surface area contributed by atoms with Gasteiger partial charge < -0.3 is 15.0 Å². The molecule has 1 saturated heterocycles. The van der Waals surface area contributed by atoms with E-state index in [0.29, 0.717) is 11.6 Å². The molecule has 1 heterocycles. The zero-order chi connectivity index (χ0) is 12.3. The van der Waals surface area contributed by atoms with Crippen LogP contribution in [0.5, 0.6) is 5.75 Å². The lowest BCUT2D eigenvalue weighted by Crippen LogP contribution is -2.33. The first kappa shape index (κ1) is 14.8. The van der Waals surface area contributed by atoms with E-state index in [1.54, 1.807) is 13.2 Å². The molecule has 0 aliphatic carbocycles. The predicted octanol–water partition coefficient (Wildman–Crippen LogP) is 1.55. The monoisotopic (exact) mass is 270 g/mol. The van der Waals surface area contributed by atoms with Crippen molar-refractivity contribution < 1.29 is 9.53 Å². The number of nitrogens with one attached hydrogen (secondary N) is 1. The Balaban J connectivity index is 0.00000162. The van der Waals surface area contributed by atoms with Crippen molar-refractivity contribution >= 4 is 18.3 Å². The highest BCUT2D eigenvalue weighted by Crippen LogP contribution is 2.17. The molecule has 1 fully saturated rings. The van der Waals surface area contributed by atoms with Crippen molar-refractivity contribution in [2.24, 2.45) is 0 Å². The van der Waals surface area contributed by atoms with Crippen LogP contribution in [0.15, 0.2) is 24.3 Å². The van der Waals surface area contributed by atoms with Crippen LogP contribution in [0.4, 0.5) is 0 Å². The van der Waals surface area contributed by atoms with Crippen molar-refractivity contribution in [1.82, 2.24) is 10.2 Å². The molecule has 1 amide bonds. The molecular formula is C13H19ClN2O2. The molecule has 100 valence electrons. The van der Waals surface area contributed by atoms with E-state index < -0.39 is 0 Å². The van der Waals surface area contributed by atoms with Gasteiger partial charge in [0.1, 0.15) is 5.75 Å². The van der Waals surface area contributed by atoms with Gasteiger partial charge in [-0.1, -0.05) is 6.07 Å². The number of amides is 1. The second-order valence-electron chi connectivity index (χ2n) is 4.26. The van der Waals surface area contributed by atoms with E-state index in [1.807, 2.05) is 30.1 Å². The van der Waals surface area contributed by atoms with Gasteiger partial charge in [-0.3, -0.25) is 4.79 Å². The highest BCUT2D eigenvalue weighted by molar-refractivity contribution is 5.94. The zero-order valence-corrected chi connectivity index (χ0v) is 11.5. The Morgan fingerprint density at radius 3 is 2.89 bits per heavy atom. The minimum Gasteiger partial charge on any atom is -0.497 e. The fourth-order valence-electron chi connectivity index (χ4n) is 2.12. The van der Waals surface area contributed by atoms with Gasteiger partial charge in [0.15, 0.2) is 0 Å². The van der Waals surface area contributed by atoms with Crippen LogP contribution in [0.1, 0.15) is 16.8 Å². The first-order chi connectivity index (χ1) is 8.24. The number of carbonyl (C=O) groups is 1. The summed E-state index contributed by atoms with van der Waals surface area (Å²) in [4.78, 5) is 14.1. The molecule has 0 aromatic heterocycles. The SMILES string of the molecule is CNC1CCN(C(=O)c2cccc(OC)c2)C1.Cl.